The molecule has 0 saturated carbocycles. The van der Waals surface area contributed by atoms with Gasteiger partial charge in [-0.05, 0) is 46.2 Å². The fourth-order valence-corrected chi connectivity index (χ4v) is 3.92. The molecule has 0 spiro atoms. The van der Waals surface area contributed by atoms with E-state index in [0.29, 0.717) is 10.6 Å². The fraction of sp³-hybridized carbons (Fsp3) is 0.120. The van der Waals surface area contributed by atoms with Gasteiger partial charge in [-0.2, -0.15) is 0 Å². The van der Waals surface area contributed by atoms with Gasteiger partial charge in [0.05, 0.1) is 11.6 Å². The molecule has 0 aromatic heterocycles. The molecule has 4 aromatic rings. The second-order valence-electron chi connectivity index (χ2n) is 7.08. The van der Waals surface area contributed by atoms with Crippen LogP contribution >= 0.6 is 11.6 Å². The Morgan fingerprint density at radius 2 is 1.47 bits per heavy atom. The van der Waals surface area contributed by atoms with Crippen LogP contribution in [0.1, 0.15) is 28.9 Å². The summed E-state index contributed by atoms with van der Waals surface area (Å²) in [5.41, 5.74) is 1.27. The number of ether oxygens (including phenoxy) is 1. The lowest BCUT2D eigenvalue weighted by molar-refractivity contribution is -0.124. The SMILES string of the molecule is C[C@@H](NC(=O)COC(=O)c1c2ccccc2cc2ccccc12)c1ccccc1Cl. The second-order valence-corrected chi connectivity index (χ2v) is 7.49. The zero-order valence-corrected chi connectivity index (χ0v) is 17.1. The molecule has 4 rings (SSSR count). The molecule has 0 bridgehead atoms. The van der Waals surface area contributed by atoms with Gasteiger partial charge in [-0.15, -0.1) is 0 Å². The number of nitrogens with one attached hydrogen (secondary N) is 1. The molecule has 5 heteroatoms. The number of carbonyl (C=O) groups excluding carboxylic acids is 2. The molecule has 4 nitrogen and oxygen atoms in total. The maximum atomic E-state index is 13.0. The molecule has 1 atom stereocenters. The molecule has 0 aliphatic rings. The van der Waals surface area contributed by atoms with Crippen molar-refractivity contribution in [2.24, 2.45) is 0 Å². The van der Waals surface area contributed by atoms with Crippen molar-refractivity contribution in [2.45, 2.75) is 13.0 Å². The molecule has 0 aliphatic carbocycles. The molecule has 0 heterocycles. The number of halogens is 1. The van der Waals surface area contributed by atoms with Crippen LogP contribution in [0.4, 0.5) is 0 Å². The van der Waals surface area contributed by atoms with E-state index in [1.807, 2.05) is 79.7 Å². The Kier molecular flexibility index (Phi) is 5.68. The first-order chi connectivity index (χ1) is 14.5. The fourth-order valence-electron chi connectivity index (χ4n) is 3.62. The van der Waals surface area contributed by atoms with Gasteiger partial charge in [-0.3, -0.25) is 4.79 Å². The van der Waals surface area contributed by atoms with Crippen LogP contribution in [-0.4, -0.2) is 18.5 Å². The van der Waals surface area contributed by atoms with Gasteiger partial charge in [0, 0.05) is 5.02 Å². The van der Waals surface area contributed by atoms with Crippen molar-refractivity contribution < 1.29 is 14.3 Å². The molecule has 150 valence electrons. The van der Waals surface area contributed by atoms with Crippen molar-refractivity contribution in [3.63, 3.8) is 0 Å². The lowest BCUT2D eigenvalue weighted by Gasteiger charge is -2.16. The first-order valence-corrected chi connectivity index (χ1v) is 10.0. The van der Waals surface area contributed by atoms with E-state index in [1.165, 1.54) is 0 Å². The van der Waals surface area contributed by atoms with E-state index in [2.05, 4.69) is 5.32 Å². The zero-order chi connectivity index (χ0) is 21.1. The van der Waals surface area contributed by atoms with E-state index in [1.54, 1.807) is 6.07 Å². The standard InChI is InChI=1S/C25H20ClNO3/c1-16(19-10-6-7-13-22(19)26)27-23(28)15-30-25(29)24-20-11-4-2-8-17(20)14-18-9-3-5-12-21(18)24/h2-14,16H,15H2,1H3,(H,27,28)/t16-/m1/s1. The van der Waals surface area contributed by atoms with Gasteiger partial charge in [-0.1, -0.05) is 78.3 Å². The Morgan fingerprint density at radius 3 is 2.10 bits per heavy atom. The average molecular weight is 418 g/mol. The number of benzene rings is 4. The molecule has 1 amide bonds. The summed E-state index contributed by atoms with van der Waals surface area (Å²) >= 11 is 6.18. The minimum Gasteiger partial charge on any atom is -0.452 e. The smallest absolute Gasteiger partial charge is 0.339 e. The van der Waals surface area contributed by atoms with Gasteiger partial charge < -0.3 is 10.1 Å². The summed E-state index contributed by atoms with van der Waals surface area (Å²) < 4.78 is 5.39. The van der Waals surface area contributed by atoms with Gasteiger partial charge in [0.1, 0.15) is 0 Å². The normalized spacial score (nSPS) is 11.9. The molecule has 0 radical (unpaired) electrons. The highest BCUT2D eigenvalue weighted by molar-refractivity contribution is 6.31. The molecule has 0 unspecified atom stereocenters. The number of carbonyl (C=O) groups is 2. The van der Waals surface area contributed by atoms with Crippen LogP contribution in [-0.2, 0) is 9.53 Å². The lowest BCUT2D eigenvalue weighted by atomic mass is 9.97. The Bertz CT molecular complexity index is 1200. The number of hydrogen-bond acceptors (Lipinski definition) is 3. The molecule has 0 saturated heterocycles. The third-order valence-corrected chi connectivity index (χ3v) is 5.40. The van der Waals surface area contributed by atoms with E-state index < -0.39 is 5.97 Å². The largest absolute Gasteiger partial charge is 0.452 e. The average Bonchev–Trinajstić information content (AvgIpc) is 2.76. The third-order valence-electron chi connectivity index (χ3n) is 5.06. The first kappa shape index (κ1) is 19.9. The van der Waals surface area contributed by atoms with Gasteiger partial charge in [0.15, 0.2) is 6.61 Å². The summed E-state index contributed by atoms with van der Waals surface area (Å²) in [5, 5.41) is 6.87. The summed E-state index contributed by atoms with van der Waals surface area (Å²) in [6, 6.07) is 24.3. The van der Waals surface area contributed by atoms with Gasteiger partial charge >= 0.3 is 5.97 Å². The van der Waals surface area contributed by atoms with Crippen LogP contribution in [0.3, 0.4) is 0 Å². The maximum Gasteiger partial charge on any atom is 0.339 e. The molecule has 30 heavy (non-hydrogen) atoms. The van der Waals surface area contributed by atoms with Gasteiger partial charge in [-0.25, -0.2) is 4.79 Å². The van der Waals surface area contributed by atoms with Crippen molar-refractivity contribution >= 4 is 45.0 Å². The highest BCUT2D eigenvalue weighted by Gasteiger charge is 2.18. The minimum absolute atomic E-state index is 0.303. The topological polar surface area (TPSA) is 55.4 Å². The minimum atomic E-state index is -0.524. The summed E-state index contributed by atoms with van der Waals surface area (Å²) in [6.45, 7) is 1.46. The van der Waals surface area contributed by atoms with Crippen molar-refractivity contribution in [1.82, 2.24) is 5.32 Å². The van der Waals surface area contributed by atoms with Crippen LogP contribution in [0.25, 0.3) is 21.5 Å². The number of amides is 1. The highest BCUT2D eigenvalue weighted by Crippen LogP contribution is 2.29. The molecular weight excluding hydrogens is 398 g/mol. The van der Waals surface area contributed by atoms with Gasteiger partial charge in [0.2, 0.25) is 0 Å². The van der Waals surface area contributed by atoms with E-state index in [-0.39, 0.29) is 18.6 Å². The van der Waals surface area contributed by atoms with Crippen molar-refractivity contribution in [3.05, 3.63) is 95.0 Å². The summed E-state index contributed by atoms with van der Waals surface area (Å²) in [6.07, 6.45) is 0. The number of rotatable bonds is 5. The predicted molar refractivity (Wildman–Crippen MR) is 120 cm³/mol. The van der Waals surface area contributed by atoms with Crippen LogP contribution in [0, 0.1) is 0 Å². The van der Waals surface area contributed by atoms with E-state index in [9.17, 15) is 9.59 Å². The van der Waals surface area contributed by atoms with E-state index in [4.69, 9.17) is 16.3 Å². The zero-order valence-electron chi connectivity index (χ0n) is 16.4. The third kappa shape index (κ3) is 4.00. The van der Waals surface area contributed by atoms with Crippen LogP contribution in [0.2, 0.25) is 5.02 Å². The number of fused-ring (bicyclic) bond motifs is 2. The Labute approximate surface area is 179 Å². The van der Waals surface area contributed by atoms with Crippen molar-refractivity contribution in [2.75, 3.05) is 6.61 Å². The quantitative estimate of drug-likeness (QED) is 0.335. The molecule has 0 aliphatic heterocycles. The van der Waals surface area contributed by atoms with Crippen molar-refractivity contribution in [1.29, 1.82) is 0 Å². The Morgan fingerprint density at radius 1 is 0.900 bits per heavy atom. The van der Waals surface area contributed by atoms with E-state index in [0.717, 1.165) is 27.1 Å². The predicted octanol–water partition coefficient (Wildman–Crippen LogP) is 5.68. The van der Waals surface area contributed by atoms with Crippen molar-refractivity contribution in [3.8, 4) is 0 Å². The summed E-state index contributed by atoms with van der Waals surface area (Å²) in [7, 11) is 0. The summed E-state index contributed by atoms with van der Waals surface area (Å²) in [4.78, 5) is 25.3. The van der Waals surface area contributed by atoms with Crippen LogP contribution in [0.5, 0.6) is 0 Å². The van der Waals surface area contributed by atoms with E-state index >= 15 is 0 Å². The molecular formula is C25H20ClNO3. The summed E-state index contributed by atoms with van der Waals surface area (Å²) in [5.74, 6) is -0.913. The monoisotopic (exact) mass is 417 g/mol. The highest BCUT2D eigenvalue weighted by atomic mass is 35.5. The Balaban J connectivity index is 1.53. The van der Waals surface area contributed by atoms with Gasteiger partial charge in [0.25, 0.3) is 5.91 Å². The maximum absolute atomic E-state index is 13.0. The molecule has 1 N–H and O–H groups in total. The number of esters is 1. The lowest BCUT2D eigenvalue weighted by Crippen LogP contribution is -2.31. The second kappa shape index (κ2) is 8.56. The van der Waals surface area contributed by atoms with Crippen LogP contribution in [0.15, 0.2) is 78.9 Å². The molecule has 0 fully saturated rings. The first-order valence-electron chi connectivity index (χ1n) is 9.66. The molecule has 4 aromatic carbocycles. The Hall–Kier alpha value is -3.37. The van der Waals surface area contributed by atoms with Crippen LogP contribution < -0.4 is 5.32 Å². The number of hydrogen-bond donors (Lipinski definition) is 1.